The first-order chi connectivity index (χ1) is 13.0. The molecule has 0 heterocycles. The maximum absolute atomic E-state index is 11.9. The zero-order valence-electron chi connectivity index (χ0n) is 14.5. The molecule has 0 bridgehead atoms. The third-order valence-electron chi connectivity index (χ3n) is 3.57. The van der Waals surface area contributed by atoms with Gasteiger partial charge in [-0.15, -0.1) is 0 Å². The van der Waals surface area contributed by atoms with Crippen LogP contribution in [0, 0.1) is 0 Å². The average Bonchev–Trinajstić information content (AvgIpc) is 2.65. The van der Waals surface area contributed by atoms with Gasteiger partial charge in [0.05, 0.1) is 6.54 Å². The van der Waals surface area contributed by atoms with Crippen LogP contribution in [-0.2, 0) is 4.79 Å². The average molecular weight is 434 g/mol. The molecule has 4 N–H and O–H groups in total. The number of halogens is 1. The summed E-state index contributed by atoms with van der Waals surface area (Å²) >= 11 is 3.29. The molecule has 0 aliphatic heterocycles. The Morgan fingerprint density at radius 2 is 1.48 bits per heavy atom. The molecule has 0 saturated carbocycles. The lowest BCUT2D eigenvalue weighted by Gasteiger charge is -2.08. The Kier molecular flexibility index (Phi) is 7.81. The fourth-order valence-corrected chi connectivity index (χ4v) is 2.62. The van der Waals surface area contributed by atoms with Gasteiger partial charge in [0.15, 0.2) is 0 Å². The molecule has 2 aromatic rings. The molecular formula is C19H20BrN3O4. The normalized spacial score (nSPS) is 10.1. The highest BCUT2D eigenvalue weighted by Gasteiger charge is 2.08. The van der Waals surface area contributed by atoms with E-state index < -0.39 is 0 Å². The first kappa shape index (κ1) is 20.4. The third kappa shape index (κ3) is 7.10. The highest BCUT2D eigenvalue weighted by atomic mass is 79.9. The fraction of sp³-hybridized carbons (Fsp3) is 0.211. The van der Waals surface area contributed by atoms with Crippen molar-refractivity contribution in [2.24, 2.45) is 0 Å². The van der Waals surface area contributed by atoms with E-state index in [-0.39, 0.29) is 30.0 Å². The molecule has 0 unspecified atom stereocenters. The summed E-state index contributed by atoms with van der Waals surface area (Å²) in [4.78, 5) is 35.6. The number of carbonyl (C=O) groups is 3. The van der Waals surface area contributed by atoms with Gasteiger partial charge in [-0.1, -0.05) is 28.1 Å². The van der Waals surface area contributed by atoms with Gasteiger partial charge < -0.3 is 21.1 Å². The topological polar surface area (TPSA) is 108 Å². The smallest absolute Gasteiger partial charge is 0.251 e. The predicted octanol–water partition coefficient (Wildman–Crippen LogP) is 1.82. The minimum Gasteiger partial charge on any atom is -0.508 e. The van der Waals surface area contributed by atoms with Gasteiger partial charge in [-0.05, 0) is 42.8 Å². The summed E-state index contributed by atoms with van der Waals surface area (Å²) in [6.07, 6.45) is 0.538. The van der Waals surface area contributed by atoms with E-state index in [9.17, 15) is 19.5 Å². The summed E-state index contributed by atoms with van der Waals surface area (Å²) in [5.41, 5.74) is 0.834. The van der Waals surface area contributed by atoms with Gasteiger partial charge in [0, 0.05) is 28.7 Å². The molecule has 142 valence electrons. The SMILES string of the molecule is O=C(CNC(=O)c1cccc(Br)c1)NCCCNC(=O)c1cccc(O)c1. The van der Waals surface area contributed by atoms with Crippen LogP contribution in [0.3, 0.4) is 0 Å². The van der Waals surface area contributed by atoms with Crippen molar-refractivity contribution in [3.63, 3.8) is 0 Å². The molecule has 0 aliphatic rings. The first-order valence-corrected chi connectivity index (χ1v) is 9.12. The fourth-order valence-electron chi connectivity index (χ4n) is 2.22. The van der Waals surface area contributed by atoms with Crippen molar-refractivity contribution in [2.75, 3.05) is 19.6 Å². The van der Waals surface area contributed by atoms with Gasteiger partial charge >= 0.3 is 0 Å². The van der Waals surface area contributed by atoms with Crippen LogP contribution in [0.15, 0.2) is 53.0 Å². The van der Waals surface area contributed by atoms with Crippen LogP contribution in [0.1, 0.15) is 27.1 Å². The Labute approximate surface area is 165 Å². The van der Waals surface area contributed by atoms with E-state index in [4.69, 9.17) is 0 Å². The minimum absolute atomic E-state index is 0.0276. The third-order valence-corrected chi connectivity index (χ3v) is 4.06. The van der Waals surface area contributed by atoms with Crippen molar-refractivity contribution in [2.45, 2.75) is 6.42 Å². The monoisotopic (exact) mass is 433 g/mol. The number of phenolic OH excluding ortho intramolecular Hbond substituents is 1. The number of benzene rings is 2. The zero-order chi connectivity index (χ0) is 19.6. The van der Waals surface area contributed by atoms with Gasteiger partial charge in [-0.3, -0.25) is 14.4 Å². The number of hydrogen-bond donors (Lipinski definition) is 4. The molecule has 0 radical (unpaired) electrons. The lowest BCUT2D eigenvalue weighted by atomic mass is 10.2. The van der Waals surface area contributed by atoms with Gasteiger partial charge in [-0.25, -0.2) is 0 Å². The number of nitrogens with one attached hydrogen (secondary N) is 3. The van der Waals surface area contributed by atoms with Gasteiger partial charge in [0.2, 0.25) is 5.91 Å². The van der Waals surface area contributed by atoms with Crippen LogP contribution in [-0.4, -0.2) is 42.5 Å². The first-order valence-electron chi connectivity index (χ1n) is 8.33. The van der Waals surface area contributed by atoms with E-state index in [1.807, 2.05) is 6.07 Å². The summed E-state index contributed by atoms with van der Waals surface area (Å²) < 4.78 is 0.785. The largest absolute Gasteiger partial charge is 0.508 e. The van der Waals surface area contributed by atoms with Crippen molar-refractivity contribution in [1.29, 1.82) is 0 Å². The number of phenols is 1. The molecule has 2 rings (SSSR count). The highest BCUT2D eigenvalue weighted by molar-refractivity contribution is 9.10. The number of hydrogen-bond acceptors (Lipinski definition) is 4. The van der Waals surface area contributed by atoms with Crippen LogP contribution in [0.25, 0.3) is 0 Å². The van der Waals surface area contributed by atoms with E-state index in [2.05, 4.69) is 31.9 Å². The lowest BCUT2D eigenvalue weighted by molar-refractivity contribution is -0.120. The predicted molar refractivity (Wildman–Crippen MR) is 105 cm³/mol. The van der Waals surface area contributed by atoms with Gasteiger partial charge in [-0.2, -0.15) is 0 Å². The molecular weight excluding hydrogens is 414 g/mol. The second-order valence-corrected chi connectivity index (χ2v) is 6.62. The molecule has 27 heavy (non-hydrogen) atoms. The van der Waals surface area contributed by atoms with Crippen LogP contribution >= 0.6 is 15.9 Å². The van der Waals surface area contributed by atoms with Crippen LogP contribution in [0.5, 0.6) is 5.75 Å². The molecule has 0 aliphatic carbocycles. The summed E-state index contributed by atoms with van der Waals surface area (Å²) in [6, 6.07) is 12.9. The lowest BCUT2D eigenvalue weighted by Crippen LogP contribution is -2.38. The van der Waals surface area contributed by atoms with Crippen molar-refractivity contribution >= 4 is 33.7 Å². The number of aromatic hydroxyl groups is 1. The molecule has 0 saturated heterocycles. The Balaban J connectivity index is 1.61. The van der Waals surface area contributed by atoms with E-state index >= 15 is 0 Å². The molecule has 3 amide bonds. The van der Waals surface area contributed by atoms with Crippen LogP contribution < -0.4 is 16.0 Å². The van der Waals surface area contributed by atoms with E-state index in [1.54, 1.807) is 30.3 Å². The van der Waals surface area contributed by atoms with Crippen molar-refractivity contribution in [3.05, 3.63) is 64.1 Å². The zero-order valence-corrected chi connectivity index (χ0v) is 16.1. The second kappa shape index (κ2) is 10.3. The second-order valence-electron chi connectivity index (χ2n) is 5.70. The Hall–Kier alpha value is -2.87. The highest BCUT2D eigenvalue weighted by Crippen LogP contribution is 2.11. The summed E-state index contributed by atoms with van der Waals surface area (Å²) in [7, 11) is 0. The molecule has 2 aromatic carbocycles. The summed E-state index contributed by atoms with van der Waals surface area (Å²) in [6.45, 7) is 0.617. The molecule has 0 atom stereocenters. The summed E-state index contributed by atoms with van der Waals surface area (Å²) in [5, 5.41) is 17.3. The molecule has 0 spiro atoms. The standard InChI is InChI=1S/C19H20BrN3O4/c20-15-6-1-4-13(10-15)19(27)23-12-17(25)21-8-3-9-22-18(26)14-5-2-7-16(24)11-14/h1-2,4-7,10-11,24H,3,8-9,12H2,(H,21,25)(H,22,26)(H,23,27). The number of carbonyl (C=O) groups excluding carboxylic acids is 3. The maximum Gasteiger partial charge on any atom is 0.251 e. The van der Waals surface area contributed by atoms with E-state index in [0.717, 1.165) is 4.47 Å². The molecule has 0 aromatic heterocycles. The van der Waals surface area contributed by atoms with Gasteiger partial charge in [0.25, 0.3) is 11.8 Å². The maximum atomic E-state index is 11.9. The Morgan fingerprint density at radius 1 is 0.852 bits per heavy atom. The van der Waals surface area contributed by atoms with E-state index in [1.165, 1.54) is 12.1 Å². The van der Waals surface area contributed by atoms with Crippen LogP contribution in [0.2, 0.25) is 0 Å². The number of amides is 3. The van der Waals surface area contributed by atoms with Crippen molar-refractivity contribution in [1.82, 2.24) is 16.0 Å². The number of rotatable bonds is 8. The molecule has 0 fully saturated rings. The Bertz CT molecular complexity index is 826. The van der Waals surface area contributed by atoms with Crippen molar-refractivity contribution < 1.29 is 19.5 Å². The minimum atomic E-state index is -0.329. The van der Waals surface area contributed by atoms with Gasteiger partial charge in [0.1, 0.15) is 5.75 Å². The molecule has 7 nitrogen and oxygen atoms in total. The van der Waals surface area contributed by atoms with Crippen molar-refractivity contribution in [3.8, 4) is 5.75 Å². The Morgan fingerprint density at radius 3 is 2.19 bits per heavy atom. The van der Waals surface area contributed by atoms with E-state index in [0.29, 0.717) is 30.6 Å². The summed E-state index contributed by atoms with van der Waals surface area (Å²) in [5.74, 6) is -0.902. The molecule has 8 heteroatoms. The quantitative estimate of drug-likeness (QED) is 0.476. The van der Waals surface area contributed by atoms with Crippen LogP contribution in [0.4, 0.5) is 0 Å².